The average molecular weight is 2080 g/mol. The number of nitrogens with one attached hydrogen (secondary N) is 1. The highest BCUT2D eigenvalue weighted by Crippen LogP contribution is 2.51. The minimum Gasteiger partial charge on any atom is -0.497 e. The minimum absolute atomic E-state index is 0.138. The standard InChI is InChI=1S/C26H21ClN4O3.C25H21ClN4O2.C24H17ClN4O3.C20H18ClN5O2.C17H13ClN4O/c1-16-12-17(26(33)34)8-9-18(16)14-30-15-21-24(28-30)29(2)22-11-10-19(27)13-23(22)31(25(21)32)20-6-4-3-5-7-20;1-28-22-13-10-18(26)14-23(22)30(19-6-4-3-5-7-19)25(31)21-16-29(27-24(21)28)15-17-8-11-20(32-2)12-9-17;1-27-20-11-10-16(25)13-21(20)29(17-7-3-2-4-8-17)23(30)19-14-28(26-22(19)27)18-9-5-6-15(12-18)24(31)32;1-23(2)20(28)25-12-15-18(22-25)24(3)16-10-9-13(21)11-17(16)26(19(15)27)14-7-5-4-6-8-14;1-21-14-8-7-11(18)9-15(14)22(12-5-3-2-4-6-12)17(23)13-10-19-20-16(13)21/h3-13,15H,14H2,1-2H3,(H,33,34);3-14,16H,15H2,1-2H3;2-14H,1H3,(H,31,32);4-12H,1-3H3;2-10H,1H3,(H,19,20). The Kier molecular flexibility index (Phi) is 28.0. The van der Waals surface area contributed by atoms with Crippen molar-refractivity contribution in [1.29, 1.82) is 0 Å². The number of ether oxygens (including phenoxy) is 1. The summed E-state index contributed by atoms with van der Waals surface area (Å²) in [7, 11) is 14.2. The number of aromatic amines is 1. The molecular formula is C112H90Cl5N21O11. The maximum atomic E-state index is 13.8. The van der Waals surface area contributed by atoms with Crippen LogP contribution in [0.4, 0.5) is 119 Å². The summed E-state index contributed by atoms with van der Waals surface area (Å²) in [6.07, 6.45) is 8.19. The molecule has 13 aromatic carbocycles. The number of benzene rings is 13. The van der Waals surface area contributed by atoms with Crippen molar-refractivity contribution in [3.63, 3.8) is 0 Å². The molecule has 0 aliphatic carbocycles. The fraction of sp³-hybridized carbons (Fsp3) is 0.0982. The molecule has 5 aromatic heterocycles. The number of aromatic nitrogens is 10. The van der Waals surface area contributed by atoms with Crippen LogP contribution in [0.15, 0.2) is 340 Å². The van der Waals surface area contributed by atoms with Crippen LogP contribution in [0, 0.1) is 6.92 Å². The fourth-order valence-corrected chi connectivity index (χ4v) is 18.8. The van der Waals surface area contributed by atoms with Gasteiger partial charge in [-0.05, 0) is 218 Å². The number of carboxylic acids is 2. The molecule has 0 atom stereocenters. The Hall–Kier alpha value is -18.1. The number of para-hydroxylation sites is 5. The SMILES string of the molecule is CN(C)C(=O)n1cc2c(n1)N(C)c1ccc(Cl)cc1N(c1ccccc1)C2=O.CN1c2ccc(Cl)cc2N(c2ccccc2)C(=O)c2cn(-c3cccc(C(=O)O)c3)nc21.CN1c2ccc(Cl)cc2N(c2ccccc2)C(=O)c2cn[nH]c21.COc1ccc(Cn2cc3c(n2)N(C)c2ccc(Cl)cc2N(c2ccccc2)C3=O)cc1.Cc1cc(C(=O)O)ccc1Cn1cc2c(n1)N(C)c1ccc(Cl)cc1N(c1ccccc1)C2=O. The van der Waals surface area contributed by atoms with Crippen LogP contribution in [-0.4, -0.2) is 168 Å². The van der Waals surface area contributed by atoms with Crippen LogP contribution in [0.2, 0.25) is 25.1 Å². The monoisotopic (exact) mass is 2080 g/mol. The summed E-state index contributed by atoms with van der Waals surface area (Å²) in [5.41, 5.74) is 17.1. The van der Waals surface area contributed by atoms with Gasteiger partial charge >= 0.3 is 18.0 Å². The van der Waals surface area contributed by atoms with Crippen LogP contribution in [0.1, 0.15) is 89.2 Å². The number of hydrogen-bond acceptors (Lipinski definition) is 19. The van der Waals surface area contributed by atoms with Gasteiger partial charge in [0.1, 0.15) is 39.4 Å². The van der Waals surface area contributed by atoms with Gasteiger partial charge in [0, 0.05) is 121 Å². The third-order valence-corrected chi connectivity index (χ3v) is 26.6. The molecule has 23 rings (SSSR count). The van der Waals surface area contributed by atoms with Crippen molar-refractivity contribution in [1.82, 2.24) is 54.2 Å². The van der Waals surface area contributed by atoms with Crippen molar-refractivity contribution < 1.29 is 53.3 Å². The molecule has 6 amide bonds. The summed E-state index contributed by atoms with van der Waals surface area (Å²) >= 11 is 31.3. The summed E-state index contributed by atoms with van der Waals surface area (Å²) < 4.78 is 11.5. The quantitative estimate of drug-likeness (QED) is 0.0965. The lowest BCUT2D eigenvalue weighted by Gasteiger charge is -2.25. The van der Waals surface area contributed by atoms with Gasteiger partial charge in [-0.1, -0.05) is 173 Å². The Morgan fingerprint density at radius 3 is 1.05 bits per heavy atom. The molecule has 0 radical (unpaired) electrons. The van der Waals surface area contributed by atoms with Gasteiger partial charge in [-0.3, -0.25) is 62.9 Å². The highest BCUT2D eigenvalue weighted by atomic mass is 35.5. The zero-order chi connectivity index (χ0) is 105. The number of carbonyl (C=O) groups excluding carboxylic acids is 6. The number of methoxy groups -OCH3 is 1. The van der Waals surface area contributed by atoms with Crippen molar-refractivity contribution in [3.8, 4) is 11.4 Å². The van der Waals surface area contributed by atoms with Gasteiger partial charge < -0.3 is 44.3 Å². The first-order valence-electron chi connectivity index (χ1n) is 46.4. The minimum atomic E-state index is -1.03. The Morgan fingerprint density at radius 2 is 0.678 bits per heavy atom. The number of H-pyrrole nitrogens is 1. The third-order valence-electron chi connectivity index (χ3n) is 25.4. The van der Waals surface area contributed by atoms with E-state index in [4.69, 9.17) is 72.9 Å². The van der Waals surface area contributed by atoms with Crippen molar-refractivity contribution in [2.45, 2.75) is 20.0 Å². The van der Waals surface area contributed by atoms with E-state index >= 15 is 0 Å². The molecule has 37 heteroatoms. The molecule has 18 aromatic rings. The molecule has 0 bridgehead atoms. The summed E-state index contributed by atoms with van der Waals surface area (Å²) in [5.74, 6) is 0.405. The Bertz CT molecular complexity index is 8260. The number of aromatic carboxylic acids is 2. The zero-order valence-electron chi connectivity index (χ0n) is 81.1. The lowest BCUT2D eigenvalue weighted by atomic mass is 10.1. The Morgan fingerprint density at radius 1 is 0.342 bits per heavy atom. The van der Waals surface area contributed by atoms with Gasteiger partial charge in [-0.15, -0.1) is 10.2 Å². The summed E-state index contributed by atoms with van der Waals surface area (Å²) in [6.45, 7) is 2.81. The van der Waals surface area contributed by atoms with E-state index in [1.807, 2.05) is 292 Å². The van der Waals surface area contributed by atoms with E-state index in [2.05, 4.69) is 20.4 Å². The number of halogens is 5. The molecule has 0 unspecified atom stereocenters. The van der Waals surface area contributed by atoms with E-state index in [0.717, 1.165) is 79.3 Å². The van der Waals surface area contributed by atoms with Crippen molar-refractivity contribution in [2.75, 3.05) is 105 Å². The van der Waals surface area contributed by atoms with E-state index in [9.17, 15) is 48.6 Å². The fourth-order valence-electron chi connectivity index (χ4n) is 18.0. The topological polar surface area (TPSA) is 322 Å². The van der Waals surface area contributed by atoms with E-state index in [-0.39, 0.29) is 46.7 Å². The van der Waals surface area contributed by atoms with Gasteiger partial charge in [0.15, 0.2) is 23.3 Å². The number of rotatable bonds is 13. The first-order valence-corrected chi connectivity index (χ1v) is 48.3. The molecule has 10 heterocycles. The number of nitrogens with zero attached hydrogens (tertiary/aromatic N) is 20. The zero-order valence-corrected chi connectivity index (χ0v) is 84.9. The second-order valence-corrected chi connectivity index (χ2v) is 37.2. The number of fused-ring (bicyclic) bond motifs is 10. The van der Waals surface area contributed by atoms with E-state index in [0.29, 0.717) is 129 Å². The van der Waals surface area contributed by atoms with Gasteiger partial charge in [0.25, 0.3) is 29.5 Å². The molecular weight excluding hydrogens is 1990 g/mol. The molecule has 149 heavy (non-hydrogen) atoms. The van der Waals surface area contributed by atoms with Crippen molar-refractivity contribution >= 4 is 220 Å². The van der Waals surface area contributed by atoms with E-state index in [1.54, 1.807) is 151 Å². The molecule has 0 saturated carbocycles. The predicted molar refractivity (Wildman–Crippen MR) is 582 cm³/mol. The van der Waals surface area contributed by atoms with Crippen LogP contribution >= 0.6 is 58.0 Å². The second kappa shape index (κ2) is 41.9. The smallest absolute Gasteiger partial charge is 0.344 e. The Balaban J connectivity index is 0.000000118. The number of anilines is 20. The van der Waals surface area contributed by atoms with Crippen LogP contribution < -0.4 is 53.7 Å². The van der Waals surface area contributed by atoms with Crippen LogP contribution in [0.25, 0.3) is 5.69 Å². The number of hydrogen-bond donors (Lipinski definition) is 3. The van der Waals surface area contributed by atoms with Crippen LogP contribution in [0.3, 0.4) is 0 Å². The van der Waals surface area contributed by atoms with E-state index in [1.165, 1.54) is 32.6 Å². The largest absolute Gasteiger partial charge is 0.497 e. The van der Waals surface area contributed by atoms with Crippen molar-refractivity contribution in [3.05, 3.63) is 421 Å². The maximum absolute atomic E-state index is 13.8. The number of amides is 6. The van der Waals surface area contributed by atoms with Gasteiger partial charge in [0.05, 0.1) is 106 Å². The molecule has 3 N–H and O–H groups in total. The first-order chi connectivity index (χ1) is 71.9. The van der Waals surface area contributed by atoms with Crippen LogP contribution in [-0.2, 0) is 13.1 Å². The molecule has 0 saturated heterocycles. The first kappa shape index (κ1) is 99.6. The van der Waals surface area contributed by atoms with E-state index < -0.39 is 11.9 Å². The third kappa shape index (κ3) is 19.8. The molecule has 0 fully saturated rings. The molecule has 744 valence electrons. The number of carbonyl (C=O) groups is 8. The number of aryl methyl sites for hydroxylation is 1. The highest BCUT2D eigenvalue weighted by Gasteiger charge is 2.41. The second-order valence-electron chi connectivity index (χ2n) is 35.0. The maximum Gasteiger partial charge on any atom is 0.344 e. The summed E-state index contributed by atoms with van der Waals surface area (Å²) in [4.78, 5) is 122. The highest BCUT2D eigenvalue weighted by molar-refractivity contribution is 6.34. The Labute approximate surface area is 879 Å². The molecule has 5 aliphatic heterocycles. The summed E-state index contributed by atoms with van der Waals surface area (Å²) in [5, 5.41) is 46.7. The van der Waals surface area contributed by atoms with Gasteiger partial charge in [-0.2, -0.15) is 20.0 Å². The van der Waals surface area contributed by atoms with Crippen LogP contribution in [0.5, 0.6) is 5.75 Å². The molecule has 32 nitrogen and oxygen atoms in total. The van der Waals surface area contributed by atoms with Gasteiger partial charge in [0.2, 0.25) is 0 Å². The predicted octanol–water partition coefficient (Wildman–Crippen LogP) is 24.8. The lowest BCUT2D eigenvalue weighted by Crippen LogP contribution is -2.28. The normalized spacial score (nSPS) is 13.0. The molecule has 5 aliphatic rings. The van der Waals surface area contributed by atoms with Crippen molar-refractivity contribution in [2.24, 2.45) is 0 Å². The lowest BCUT2D eigenvalue weighted by molar-refractivity contribution is 0.0686. The number of carboxylic acid groups (broad SMARTS) is 2. The molecule has 0 spiro atoms. The summed E-state index contributed by atoms with van der Waals surface area (Å²) in [6, 6.07) is 93.3. The van der Waals surface area contributed by atoms with Gasteiger partial charge in [-0.25, -0.2) is 19.1 Å². The average Bonchev–Trinajstić information content (AvgIpc) is 1.62.